The van der Waals surface area contributed by atoms with Gasteiger partial charge in [0.25, 0.3) is 0 Å². The summed E-state index contributed by atoms with van der Waals surface area (Å²) in [7, 11) is 1.59. The van der Waals surface area contributed by atoms with Crippen LogP contribution >= 0.6 is 0 Å². The Hall–Kier alpha value is -2.10. The van der Waals surface area contributed by atoms with Crippen LogP contribution in [-0.2, 0) is 0 Å². The fourth-order valence-electron chi connectivity index (χ4n) is 1.27. The molecule has 0 aliphatic rings. The Bertz CT molecular complexity index is 446. The summed E-state index contributed by atoms with van der Waals surface area (Å²) < 4.78 is 5.00. The highest BCUT2D eigenvalue weighted by Crippen LogP contribution is 2.13. The summed E-state index contributed by atoms with van der Waals surface area (Å²) in [5.41, 5.74) is 0.589. The number of benzene rings is 1. The molecule has 0 radical (unpaired) electrons. The highest BCUT2D eigenvalue weighted by atomic mass is 16.5. The van der Waals surface area contributed by atoms with E-state index in [2.05, 4.69) is 9.97 Å². The molecule has 4 heteroatoms. The monoisotopic (exact) mass is 202 g/mol. The van der Waals surface area contributed by atoms with Crippen LogP contribution in [0.25, 0.3) is 0 Å². The maximum absolute atomic E-state index is 11.8. The predicted molar refractivity (Wildman–Crippen MR) is 55.0 cm³/mol. The average Bonchev–Trinajstić information content (AvgIpc) is 2.82. The third kappa shape index (κ3) is 1.88. The van der Waals surface area contributed by atoms with E-state index in [-0.39, 0.29) is 5.78 Å². The second kappa shape index (κ2) is 3.96. The molecule has 0 unspecified atom stereocenters. The molecule has 1 heterocycles. The smallest absolute Gasteiger partial charge is 0.228 e. The highest BCUT2D eigenvalue weighted by Gasteiger charge is 2.10. The van der Waals surface area contributed by atoms with Gasteiger partial charge in [-0.2, -0.15) is 0 Å². The zero-order valence-corrected chi connectivity index (χ0v) is 8.23. The molecular weight excluding hydrogens is 192 g/mol. The fourth-order valence-corrected chi connectivity index (χ4v) is 1.27. The molecule has 0 amide bonds. The van der Waals surface area contributed by atoms with E-state index in [1.165, 1.54) is 0 Å². The molecule has 0 aliphatic carbocycles. The fraction of sp³-hybridized carbons (Fsp3) is 0.0909. The number of ether oxygens (including phenoxy) is 1. The first-order chi connectivity index (χ1) is 7.31. The lowest BCUT2D eigenvalue weighted by Gasteiger charge is -2.00. The van der Waals surface area contributed by atoms with Gasteiger partial charge in [0.05, 0.1) is 7.11 Å². The molecule has 2 rings (SSSR count). The van der Waals surface area contributed by atoms with Crippen LogP contribution < -0.4 is 4.74 Å². The van der Waals surface area contributed by atoms with Crippen LogP contribution in [0.15, 0.2) is 36.7 Å². The summed E-state index contributed by atoms with van der Waals surface area (Å²) in [6, 6.07) is 6.92. The predicted octanol–water partition coefficient (Wildman–Crippen LogP) is 1.65. The van der Waals surface area contributed by atoms with Crippen LogP contribution in [0.3, 0.4) is 0 Å². The lowest BCUT2D eigenvalue weighted by Crippen LogP contribution is -2.03. The normalized spacial score (nSPS) is 9.93. The number of aromatic nitrogens is 2. The van der Waals surface area contributed by atoms with E-state index >= 15 is 0 Å². The Morgan fingerprint density at radius 1 is 1.33 bits per heavy atom. The van der Waals surface area contributed by atoms with Crippen molar-refractivity contribution in [2.75, 3.05) is 7.11 Å². The second-order valence-corrected chi connectivity index (χ2v) is 3.00. The Morgan fingerprint density at radius 3 is 2.60 bits per heavy atom. The van der Waals surface area contributed by atoms with Gasteiger partial charge in [-0.1, -0.05) is 0 Å². The summed E-state index contributed by atoms with van der Waals surface area (Å²) >= 11 is 0. The van der Waals surface area contributed by atoms with Crippen LogP contribution in [0.5, 0.6) is 5.75 Å². The number of aromatic amines is 1. The number of ketones is 1. The number of imidazole rings is 1. The van der Waals surface area contributed by atoms with Crippen molar-refractivity contribution >= 4 is 5.78 Å². The van der Waals surface area contributed by atoms with E-state index in [4.69, 9.17) is 4.74 Å². The van der Waals surface area contributed by atoms with Crippen LogP contribution in [0, 0.1) is 0 Å². The molecule has 0 spiro atoms. The van der Waals surface area contributed by atoms with Crippen molar-refractivity contribution in [3.8, 4) is 5.75 Å². The topological polar surface area (TPSA) is 55.0 Å². The average molecular weight is 202 g/mol. The van der Waals surface area contributed by atoms with Gasteiger partial charge in [-0.15, -0.1) is 0 Å². The van der Waals surface area contributed by atoms with Gasteiger partial charge in [0.2, 0.25) is 5.78 Å². The van der Waals surface area contributed by atoms with E-state index < -0.39 is 0 Å². The zero-order valence-electron chi connectivity index (χ0n) is 8.23. The van der Waals surface area contributed by atoms with Crippen molar-refractivity contribution in [1.29, 1.82) is 0 Å². The second-order valence-electron chi connectivity index (χ2n) is 3.00. The van der Waals surface area contributed by atoms with Gasteiger partial charge in [0.15, 0.2) is 5.82 Å². The maximum atomic E-state index is 11.8. The third-order valence-corrected chi connectivity index (χ3v) is 2.07. The van der Waals surface area contributed by atoms with E-state index in [1.807, 2.05) is 0 Å². The van der Waals surface area contributed by atoms with Crippen molar-refractivity contribution in [3.63, 3.8) is 0 Å². The van der Waals surface area contributed by atoms with Crippen LogP contribution in [0.4, 0.5) is 0 Å². The molecule has 15 heavy (non-hydrogen) atoms. The standard InChI is InChI=1S/C11H10N2O2/c1-15-9-4-2-8(3-5-9)10(14)11-12-6-7-13-11/h2-7H,1H3,(H,12,13). The molecule has 0 fully saturated rings. The van der Waals surface area contributed by atoms with Gasteiger partial charge in [0, 0.05) is 18.0 Å². The first kappa shape index (κ1) is 9.45. The minimum absolute atomic E-state index is 0.123. The lowest BCUT2D eigenvalue weighted by atomic mass is 10.1. The van der Waals surface area contributed by atoms with Gasteiger partial charge in [0.1, 0.15) is 5.75 Å². The van der Waals surface area contributed by atoms with Crippen LogP contribution in [0.1, 0.15) is 16.2 Å². The Balaban J connectivity index is 2.27. The lowest BCUT2D eigenvalue weighted by molar-refractivity contribution is 0.103. The number of carbonyl (C=O) groups is 1. The Labute approximate surface area is 86.9 Å². The molecule has 0 saturated carbocycles. The summed E-state index contributed by atoms with van der Waals surface area (Å²) in [5, 5.41) is 0. The van der Waals surface area contributed by atoms with Gasteiger partial charge >= 0.3 is 0 Å². The first-order valence-electron chi connectivity index (χ1n) is 4.49. The molecular formula is C11H10N2O2. The molecule has 1 aromatic heterocycles. The first-order valence-corrected chi connectivity index (χ1v) is 4.49. The molecule has 4 nitrogen and oxygen atoms in total. The number of rotatable bonds is 3. The molecule has 0 saturated heterocycles. The minimum Gasteiger partial charge on any atom is -0.497 e. The molecule has 0 aliphatic heterocycles. The van der Waals surface area contributed by atoms with Crippen LogP contribution in [-0.4, -0.2) is 22.9 Å². The van der Waals surface area contributed by atoms with E-state index in [9.17, 15) is 4.79 Å². The number of H-pyrrole nitrogens is 1. The van der Waals surface area contributed by atoms with E-state index in [0.29, 0.717) is 11.4 Å². The number of methoxy groups -OCH3 is 1. The summed E-state index contributed by atoms with van der Waals surface area (Å²) in [4.78, 5) is 18.4. The Kier molecular flexibility index (Phi) is 2.49. The van der Waals surface area contributed by atoms with Crippen molar-refractivity contribution < 1.29 is 9.53 Å². The molecule has 0 atom stereocenters. The van der Waals surface area contributed by atoms with Gasteiger partial charge in [-0.25, -0.2) is 4.98 Å². The summed E-state index contributed by atoms with van der Waals surface area (Å²) in [6.07, 6.45) is 3.17. The molecule has 76 valence electrons. The van der Waals surface area contributed by atoms with Gasteiger partial charge in [-0.05, 0) is 24.3 Å². The van der Waals surface area contributed by atoms with Crippen molar-refractivity contribution in [3.05, 3.63) is 48.0 Å². The Morgan fingerprint density at radius 2 is 2.07 bits per heavy atom. The largest absolute Gasteiger partial charge is 0.497 e. The maximum Gasteiger partial charge on any atom is 0.228 e. The van der Waals surface area contributed by atoms with E-state index in [1.54, 1.807) is 43.8 Å². The minimum atomic E-state index is -0.123. The van der Waals surface area contributed by atoms with Gasteiger partial charge in [-0.3, -0.25) is 4.79 Å². The number of hydrogen-bond acceptors (Lipinski definition) is 3. The summed E-state index contributed by atoms with van der Waals surface area (Å²) in [5.74, 6) is 0.953. The molecule has 1 aromatic carbocycles. The third-order valence-electron chi connectivity index (χ3n) is 2.07. The molecule has 2 aromatic rings. The summed E-state index contributed by atoms with van der Waals surface area (Å²) in [6.45, 7) is 0. The number of carbonyl (C=O) groups excluding carboxylic acids is 1. The number of nitrogens with zero attached hydrogens (tertiary/aromatic N) is 1. The van der Waals surface area contributed by atoms with Crippen molar-refractivity contribution in [1.82, 2.24) is 9.97 Å². The molecule has 1 N–H and O–H groups in total. The van der Waals surface area contributed by atoms with E-state index in [0.717, 1.165) is 5.75 Å². The van der Waals surface area contributed by atoms with Gasteiger partial charge < -0.3 is 9.72 Å². The SMILES string of the molecule is COc1ccc(C(=O)c2ncc[nH]2)cc1. The molecule has 0 bridgehead atoms. The van der Waals surface area contributed by atoms with Crippen molar-refractivity contribution in [2.24, 2.45) is 0 Å². The van der Waals surface area contributed by atoms with Crippen LogP contribution in [0.2, 0.25) is 0 Å². The zero-order chi connectivity index (χ0) is 10.7. The number of hydrogen-bond donors (Lipinski definition) is 1. The number of nitrogens with one attached hydrogen (secondary N) is 1. The quantitative estimate of drug-likeness (QED) is 0.770. The highest BCUT2D eigenvalue weighted by molar-refractivity contribution is 6.06. The van der Waals surface area contributed by atoms with Crippen molar-refractivity contribution in [2.45, 2.75) is 0 Å².